The van der Waals surface area contributed by atoms with E-state index in [-0.39, 0.29) is 0 Å². The Kier molecular flexibility index (Phi) is 2.60. The number of anilines is 1. The number of hydrogen-bond donors (Lipinski definition) is 1. The fraction of sp³-hybridized carbons (Fsp3) is 0.0588. The lowest BCUT2D eigenvalue weighted by atomic mass is 10.1. The molecule has 21 heavy (non-hydrogen) atoms. The Hall–Kier alpha value is -2.88. The van der Waals surface area contributed by atoms with E-state index in [1.165, 1.54) is 0 Å². The van der Waals surface area contributed by atoms with Gasteiger partial charge in [0, 0.05) is 42.1 Å². The first-order valence-electron chi connectivity index (χ1n) is 6.84. The molecule has 3 aromatic heterocycles. The van der Waals surface area contributed by atoms with Crippen LogP contribution in [0.1, 0.15) is 0 Å². The summed E-state index contributed by atoms with van der Waals surface area (Å²) in [6, 6.07) is 12.4. The van der Waals surface area contributed by atoms with E-state index in [1.54, 1.807) is 6.20 Å². The van der Waals surface area contributed by atoms with Crippen molar-refractivity contribution < 1.29 is 0 Å². The molecule has 4 rings (SSSR count). The molecule has 4 nitrogen and oxygen atoms in total. The molecule has 0 bridgehead atoms. The topological polar surface area (TPSA) is 42.7 Å². The second kappa shape index (κ2) is 4.59. The van der Waals surface area contributed by atoms with Gasteiger partial charge < -0.3 is 5.32 Å². The number of nitrogens with zero attached hydrogens (tertiary/aromatic N) is 3. The number of aromatic nitrogens is 3. The second-order valence-electron chi connectivity index (χ2n) is 4.97. The molecule has 0 amide bonds. The van der Waals surface area contributed by atoms with Gasteiger partial charge >= 0.3 is 0 Å². The van der Waals surface area contributed by atoms with Gasteiger partial charge in [0.1, 0.15) is 5.82 Å². The van der Waals surface area contributed by atoms with Crippen LogP contribution in [0.2, 0.25) is 0 Å². The van der Waals surface area contributed by atoms with Crippen molar-refractivity contribution in [3.63, 3.8) is 0 Å². The number of pyridine rings is 2. The van der Waals surface area contributed by atoms with Crippen LogP contribution in [-0.4, -0.2) is 21.6 Å². The highest BCUT2D eigenvalue weighted by molar-refractivity contribution is 5.87. The lowest BCUT2D eigenvalue weighted by Crippen LogP contribution is -1.96. The monoisotopic (exact) mass is 274 g/mol. The Morgan fingerprint density at radius 3 is 2.81 bits per heavy atom. The van der Waals surface area contributed by atoms with E-state index < -0.39 is 0 Å². The third kappa shape index (κ3) is 1.92. The molecule has 4 heteroatoms. The van der Waals surface area contributed by atoms with Crippen molar-refractivity contribution in [3.8, 4) is 5.82 Å². The number of rotatable bonds is 2. The Labute approximate surface area is 122 Å². The molecular formula is C17H14N4. The molecule has 1 N–H and O–H groups in total. The maximum absolute atomic E-state index is 4.57. The maximum atomic E-state index is 4.57. The summed E-state index contributed by atoms with van der Waals surface area (Å²) in [5.41, 5.74) is 2.16. The van der Waals surface area contributed by atoms with Gasteiger partial charge in [0.15, 0.2) is 0 Å². The van der Waals surface area contributed by atoms with Gasteiger partial charge in [-0.2, -0.15) is 0 Å². The summed E-state index contributed by atoms with van der Waals surface area (Å²) >= 11 is 0. The average Bonchev–Trinajstić information content (AvgIpc) is 2.98. The van der Waals surface area contributed by atoms with Crippen molar-refractivity contribution in [1.29, 1.82) is 0 Å². The zero-order chi connectivity index (χ0) is 14.2. The quantitative estimate of drug-likeness (QED) is 0.607. The third-order valence-electron chi connectivity index (χ3n) is 3.74. The zero-order valence-electron chi connectivity index (χ0n) is 11.6. The highest BCUT2D eigenvalue weighted by Crippen LogP contribution is 2.23. The first kappa shape index (κ1) is 11.9. The number of hydrogen-bond acceptors (Lipinski definition) is 3. The van der Waals surface area contributed by atoms with Crippen molar-refractivity contribution in [2.45, 2.75) is 0 Å². The molecule has 102 valence electrons. The van der Waals surface area contributed by atoms with Gasteiger partial charge in [0.25, 0.3) is 0 Å². The van der Waals surface area contributed by atoms with Gasteiger partial charge in [-0.15, -0.1) is 0 Å². The van der Waals surface area contributed by atoms with Crippen molar-refractivity contribution in [2.24, 2.45) is 0 Å². The van der Waals surface area contributed by atoms with Crippen LogP contribution < -0.4 is 5.32 Å². The maximum Gasteiger partial charge on any atom is 0.137 e. The molecule has 4 aromatic rings. The molecule has 0 spiro atoms. The molecule has 1 aromatic carbocycles. The second-order valence-corrected chi connectivity index (χ2v) is 4.97. The molecular weight excluding hydrogens is 260 g/mol. The minimum Gasteiger partial charge on any atom is -0.388 e. The van der Waals surface area contributed by atoms with Crippen molar-refractivity contribution in [1.82, 2.24) is 14.5 Å². The SMILES string of the molecule is CNc1ccc2cnc(-n3ccc4ccncc43)cc2c1. The fourth-order valence-electron chi connectivity index (χ4n) is 2.59. The lowest BCUT2D eigenvalue weighted by Gasteiger charge is -2.07. The highest BCUT2D eigenvalue weighted by atomic mass is 15.1. The predicted molar refractivity (Wildman–Crippen MR) is 85.9 cm³/mol. The highest BCUT2D eigenvalue weighted by Gasteiger charge is 2.05. The molecule has 0 radical (unpaired) electrons. The summed E-state index contributed by atoms with van der Waals surface area (Å²) in [4.78, 5) is 8.77. The zero-order valence-corrected chi connectivity index (χ0v) is 11.6. The van der Waals surface area contributed by atoms with Gasteiger partial charge in [0.05, 0.1) is 11.7 Å². The largest absolute Gasteiger partial charge is 0.388 e. The summed E-state index contributed by atoms with van der Waals surface area (Å²) in [5, 5.41) is 6.62. The number of fused-ring (bicyclic) bond motifs is 2. The predicted octanol–water partition coefficient (Wildman–Crippen LogP) is 3.62. The Morgan fingerprint density at radius 2 is 1.90 bits per heavy atom. The van der Waals surface area contributed by atoms with E-state index in [0.29, 0.717) is 0 Å². The summed E-state index contributed by atoms with van der Waals surface area (Å²) in [7, 11) is 1.92. The van der Waals surface area contributed by atoms with E-state index in [9.17, 15) is 0 Å². The first-order valence-corrected chi connectivity index (χ1v) is 6.84. The van der Waals surface area contributed by atoms with Crippen molar-refractivity contribution in [3.05, 3.63) is 61.2 Å². The summed E-state index contributed by atoms with van der Waals surface area (Å²) in [6.07, 6.45) is 7.61. The molecule has 0 aliphatic carbocycles. The van der Waals surface area contributed by atoms with Gasteiger partial charge in [0.2, 0.25) is 0 Å². The molecule has 0 saturated heterocycles. The average molecular weight is 274 g/mol. The smallest absolute Gasteiger partial charge is 0.137 e. The van der Waals surface area contributed by atoms with Crippen LogP contribution in [0.25, 0.3) is 27.5 Å². The van der Waals surface area contributed by atoms with Crippen LogP contribution in [0, 0.1) is 0 Å². The third-order valence-corrected chi connectivity index (χ3v) is 3.74. The van der Waals surface area contributed by atoms with Gasteiger partial charge in [-0.3, -0.25) is 9.55 Å². The number of nitrogens with one attached hydrogen (secondary N) is 1. The molecule has 0 fully saturated rings. The fourth-order valence-corrected chi connectivity index (χ4v) is 2.59. The van der Waals surface area contributed by atoms with Crippen LogP contribution in [0.15, 0.2) is 61.2 Å². The van der Waals surface area contributed by atoms with Crippen molar-refractivity contribution >= 4 is 27.4 Å². The summed E-state index contributed by atoms with van der Waals surface area (Å²) in [5.74, 6) is 0.902. The van der Waals surface area contributed by atoms with E-state index in [0.717, 1.165) is 33.2 Å². The number of benzene rings is 1. The van der Waals surface area contributed by atoms with Crippen LogP contribution >= 0.6 is 0 Å². The van der Waals surface area contributed by atoms with Gasteiger partial charge in [-0.1, -0.05) is 6.07 Å². The van der Waals surface area contributed by atoms with E-state index in [4.69, 9.17) is 0 Å². The molecule has 0 aliphatic rings. The minimum absolute atomic E-state index is 0.902. The van der Waals surface area contributed by atoms with Crippen LogP contribution in [0.5, 0.6) is 0 Å². The molecule has 0 aliphatic heterocycles. The molecule has 0 saturated carbocycles. The molecule has 0 unspecified atom stereocenters. The lowest BCUT2D eigenvalue weighted by molar-refractivity contribution is 1.05. The molecule has 3 heterocycles. The van der Waals surface area contributed by atoms with E-state index >= 15 is 0 Å². The normalized spacial score (nSPS) is 11.1. The standard InChI is InChI=1S/C17H14N4/c1-18-15-3-2-13-10-20-17(9-14(13)8-15)21-7-5-12-4-6-19-11-16(12)21/h2-11,18H,1H3. The Bertz CT molecular complexity index is 940. The first-order chi connectivity index (χ1) is 10.3. The summed E-state index contributed by atoms with van der Waals surface area (Å²) in [6.45, 7) is 0. The summed E-state index contributed by atoms with van der Waals surface area (Å²) < 4.78 is 2.06. The van der Waals surface area contributed by atoms with E-state index in [1.807, 2.05) is 31.7 Å². The Balaban J connectivity index is 1.93. The van der Waals surface area contributed by atoms with E-state index in [2.05, 4.69) is 50.2 Å². The van der Waals surface area contributed by atoms with Gasteiger partial charge in [-0.05, 0) is 35.7 Å². The van der Waals surface area contributed by atoms with Crippen LogP contribution in [0.3, 0.4) is 0 Å². The molecule has 0 atom stereocenters. The van der Waals surface area contributed by atoms with Crippen LogP contribution in [-0.2, 0) is 0 Å². The van der Waals surface area contributed by atoms with Crippen molar-refractivity contribution in [2.75, 3.05) is 12.4 Å². The Morgan fingerprint density at radius 1 is 0.952 bits per heavy atom. The van der Waals surface area contributed by atoms with Gasteiger partial charge in [-0.25, -0.2) is 4.98 Å². The minimum atomic E-state index is 0.902. The van der Waals surface area contributed by atoms with Crippen LogP contribution in [0.4, 0.5) is 5.69 Å².